The minimum atomic E-state index is -0.518. The highest BCUT2D eigenvalue weighted by atomic mass is 32.2. The summed E-state index contributed by atoms with van der Waals surface area (Å²) in [6.07, 6.45) is 1.44. The predicted molar refractivity (Wildman–Crippen MR) is 126 cm³/mol. The number of fused-ring (bicyclic) bond motifs is 2. The molecule has 1 N–H and O–H groups in total. The summed E-state index contributed by atoms with van der Waals surface area (Å²) in [5.41, 5.74) is 2.99. The molecule has 33 heavy (non-hydrogen) atoms. The number of carbonyl (C=O) groups excluding carboxylic acids is 2. The number of hydrogen-bond acceptors (Lipinski definition) is 6. The van der Waals surface area contributed by atoms with Gasteiger partial charge in [-0.3, -0.25) is 14.5 Å². The Balaban J connectivity index is 1.32. The number of hydrogen-bond donors (Lipinski definition) is 1. The summed E-state index contributed by atoms with van der Waals surface area (Å²) in [7, 11) is 0. The lowest BCUT2D eigenvalue weighted by Gasteiger charge is -2.37. The van der Waals surface area contributed by atoms with Gasteiger partial charge in [-0.25, -0.2) is 0 Å². The number of rotatable bonds is 5. The van der Waals surface area contributed by atoms with E-state index in [1.807, 2.05) is 54.6 Å². The first-order valence-corrected chi connectivity index (χ1v) is 11.5. The molecule has 0 bridgehead atoms. The third-order valence-electron chi connectivity index (χ3n) is 5.62. The van der Waals surface area contributed by atoms with Crippen LogP contribution in [0, 0.1) is 0 Å². The summed E-state index contributed by atoms with van der Waals surface area (Å²) in [5, 5.41) is 10.3. The number of carbonyl (C=O) groups is 2. The molecule has 0 unspecified atom stereocenters. The molecule has 0 saturated heterocycles. The van der Waals surface area contributed by atoms with Gasteiger partial charge in [0, 0.05) is 27.7 Å². The van der Waals surface area contributed by atoms with Crippen LogP contribution in [0.25, 0.3) is 11.0 Å². The zero-order valence-electron chi connectivity index (χ0n) is 17.6. The molecule has 1 amide bonds. The van der Waals surface area contributed by atoms with Crippen molar-refractivity contribution in [1.82, 2.24) is 0 Å². The lowest BCUT2D eigenvalue weighted by atomic mass is 10.1. The van der Waals surface area contributed by atoms with Gasteiger partial charge in [0.2, 0.25) is 0 Å². The molecule has 0 fully saturated rings. The van der Waals surface area contributed by atoms with Crippen LogP contribution in [-0.2, 0) is 20.7 Å². The first kappa shape index (κ1) is 21.2. The summed E-state index contributed by atoms with van der Waals surface area (Å²) in [5.74, 6) is 0.0145. The zero-order chi connectivity index (χ0) is 22.8. The maximum atomic E-state index is 13.3. The third-order valence-corrected chi connectivity index (χ3v) is 6.76. The van der Waals surface area contributed by atoms with Crippen LogP contribution in [0.5, 0.6) is 5.75 Å². The molecule has 166 valence electrons. The van der Waals surface area contributed by atoms with E-state index in [0.717, 1.165) is 21.5 Å². The molecule has 1 aliphatic rings. The van der Waals surface area contributed by atoms with Crippen LogP contribution in [0.4, 0.5) is 5.69 Å². The second-order valence-corrected chi connectivity index (χ2v) is 8.81. The number of ether oxygens (including phenoxy) is 1. The molecule has 0 aliphatic carbocycles. The Labute approximate surface area is 194 Å². The number of furan rings is 1. The smallest absolute Gasteiger partial charge is 0.310 e. The summed E-state index contributed by atoms with van der Waals surface area (Å²) in [4.78, 5) is 28.6. The zero-order valence-corrected chi connectivity index (χ0v) is 18.5. The van der Waals surface area contributed by atoms with Crippen molar-refractivity contribution in [3.8, 4) is 5.75 Å². The first-order valence-electron chi connectivity index (χ1n) is 10.5. The van der Waals surface area contributed by atoms with Gasteiger partial charge in [-0.1, -0.05) is 42.5 Å². The van der Waals surface area contributed by atoms with Gasteiger partial charge in [-0.2, -0.15) is 0 Å². The van der Waals surface area contributed by atoms with Crippen LogP contribution in [-0.4, -0.2) is 29.3 Å². The highest BCUT2D eigenvalue weighted by molar-refractivity contribution is 7.99. The van der Waals surface area contributed by atoms with Gasteiger partial charge in [-0.15, -0.1) is 11.8 Å². The van der Waals surface area contributed by atoms with E-state index >= 15 is 0 Å². The molecule has 0 saturated carbocycles. The summed E-state index contributed by atoms with van der Waals surface area (Å²) < 4.78 is 10.8. The van der Waals surface area contributed by atoms with Crippen molar-refractivity contribution >= 4 is 40.3 Å². The Morgan fingerprint density at radius 2 is 1.85 bits per heavy atom. The molecule has 1 aromatic heterocycles. The number of para-hydroxylation sites is 1. The van der Waals surface area contributed by atoms with E-state index in [0.29, 0.717) is 16.9 Å². The van der Waals surface area contributed by atoms with Crippen LogP contribution in [0.3, 0.4) is 0 Å². The molecule has 3 aromatic carbocycles. The van der Waals surface area contributed by atoms with Crippen LogP contribution >= 0.6 is 11.8 Å². The number of aromatic hydroxyl groups is 1. The second-order valence-electron chi connectivity index (χ2n) is 7.75. The average molecular weight is 460 g/mol. The Bertz CT molecular complexity index is 1320. The molecule has 7 heteroatoms. The monoisotopic (exact) mass is 459 g/mol. The minimum Gasteiger partial charge on any atom is -0.508 e. The normalized spacial score (nSPS) is 15.3. The maximum absolute atomic E-state index is 13.3. The van der Waals surface area contributed by atoms with Crippen molar-refractivity contribution in [1.29, 1.82) is 0 Å². The molecule has 2 heterocycles. The number of nitrogens with zero attached hydrogens (tertiary/aromatic N) is 1. The predicted octanol–water partition coefficient (Wildman–Crippen LogP) is 5.10. The fourth-order valence-corrected chi connectivity index (χ4v) is 5.21. The molecule has 1 atom stereocenters. The van der Waals surface area contributed by atoms with Gasteiger partial charge in [-0.05, 0) is 29.8 Å². The Hall–Kier alpha value is -3.71. The van der Waals surface area contributed by atoms with Gasteiger partial charge >= 0.3 is 5.97 Å². The van der Waals surface area contributed by atoms with Crippen LogP contribution in [0.1, 0.15) is 17.2 Å². The number of amides is 1. The van der Waals surface area contributed by atoms with E-state index in [4.69, 9.17) is 9.15 Å². The summed E-state index contributed by atoms with van der Waals surface area (Å²) in [6, 6.07) is 22.2. The van der Waals surface area contributed by atoms with E-state index < -0.39 is 5.97 Å². The Kier molecular flexibility index (Phi) is 5.79. The van der Waals surface area contributed by atoms with Gasteiger partial charge in [0.25, 0.3) is 5.91 Å². The van der Waals surface area contributed by atoms with E-state index in [1.54, 1.807) is 22.7 Å². The van der Waals surface area contributed by atoms with E-state index in [-0.39, 0.29) is 30.7 Å². The molecule has 0 radical (unpaired) electrons. The van der Waals surface area contributed by atoms with Crippen molar-refractivity contribution in [2.45, 2.75) is 17.4 Å². The first-order chi connectivity index (χ1) is 16.1. The number of benzene rings is 3. The SMILES string of the molecule is O=C(Cc1coc2cc(O)ccc12)OCC(=O)N1c2ccccc2SC[C@H]1c1ccccc1. The van der Waals surface area contributed by atoms with Crippen LogP contribution in [0.15, 0.2) is 88.4 Å². The van der Waals surface area contributed by atoms with E-state index in [2.05, 4.69) is 0 Å². The average Bonchev–Trinajstić information content (AvgIpc) is 3.23. The van der Waals surface area contributed by atoms with Gasteiger partial charge in [0.05, 0.1) is 24.4 Å². The summed E-state index contributed by atoms with van der Waals surface area (Å²) >= 11 is 1.71. The Morgan fingerprint density at radius 3 is 2.70 bits per heavy atom. The molecular weight excluding hydrogens is 438 g/mol. The number of phenols is 1. The van der Waals surface area contributed by atoms with Crippen LogP contribution in [0.2, 0.25) is 0 Å². The van der Waals surface area contributed by atoms with Crippen molar-refractivity contribution < 1.29 is 23.8 Å². The quantitative estimate of drug-likeness (QED) is 0.418. The van der Waals surface area contributed by atoms with Crippen molar-refractivity contribution in [3.05, 3.63) is 90.2 Å². The van der Waals surface area contributed by atoms with Gasteiger partial charge in [0.1, 0.15) is 11.3 Å². The van der Waals surface area contributed by atoms with Crippen molar-refractivity contribution in [2.24, 2.45) is 0 Å². The maximum Gasteiger partial charge on any atom is 0.310 e. The standard InChI is InChI=1S/C26H21NO5S/c28-19-10-11-20-18(14-31-23(20)13-19)12-26(30)32-15-25(29)27-21-8-4-5-9-24(21)33-16-22(27)17-6-2-1-3-7-17/h1-11,13-14,22,28H,12,15-16H2/t22-/m0/s1. The molecule has 1 aliphatic heterocycles. The van der Waals surface area contributed by atoms with E-state index in [9.17, 15) is 14.7 Å². The number of thioether (sulfide) groups is 1. The molecule has 0 spiro atoms. The highest BCUT2D eigenvalue weighted by Crippen LogP contribution is 2.43. The number of esters is 1. The largest absolute Gasteiger partial charge is 0.508 e. The lowest BCUT2D eigenvalue weighted by molar-refractivity contribution is -0.147. The topological polar surface area (TPSA) is 80.0 Å². The Morgan fingerprint density at radius 1 is 1.06 bits per heavy atom. The third kappa shape index (κ3) is 4.32. The molecule has 4 aromatic rings. The van der Waals surface area contributed by atoms with Gasteiger partial charge in [0.15, 0.2) is 6.61 Å². The molecular formula is C26H21NO5S. The van der Waals surface area contributed by atoms with Crippen molar-refractivity contribution in [2.75, 3.05) is 17.3 Å². The highest BCUT2D eigenvalue weighted by Gasteiger charge is 2.33. The summed E-state index contributed by atoms with van der Waals surface area (Å²) in [6.45, 7) is -0.349. The number of phenolic OH excluding ortho intramolecular Hbond substituents is 1. The number of anilines is 1. The van der Waals surface area contributed by atoms with Crippen LogP contribution < -0.4 is 4.90 Å². The minimum absolute atomic E-state index is 0.0282. The second kappa shape index (κ2) is 9.03. The fourth-order valence-electron chi connectivity index (χ4n) is 4.05. The lowest BCUT2D eigenvalue weighted by Crippen LogP contribution is -2.41. The molecule has 5 rings (SSSR count). The van der Waals surface area contributed by atoms with Gasteiger partial charge < -0.3 is 14.3 Å². The van der Waals surface area contributed by atoms with E-state index in [1.165, 1.54) is 18.4 Å². The van der Waals surface area contributed by atoms with Crippen molar-refractivity contribution in [3.63, 3.8) is 0 Å². The molecule has 6 nitrogen and oxygen atoms in total. The fraction of sp³-hybridized carbons (Fsp3) is 0.154.